The van der Waals surface area contributed by atoms with Crippen LogP contribution in [0.5, 0.6) is 0 Å². The number of aromatic nitrogens is 5. The van der Waals surface area contributed by atoms with Gasteiger partial charge in [0, 0.05) is 5.92 Å². The van der Waals surface area contributed by atoms with E-state index in [0.29, 0.717) is 17.6 Å². The molecule has 1 saturated carbocycles. The molecule has 0 bridgehead atoms. The van der Waals surface area contributed by atoms with Crippen LogP contribution in [0.4, 0.5) is 0 Å². The molecule has 8 nitrogen and oxygen atoms in total. The van der Waals surface area contributed by atoms with Crippen molar-refractivity contribution >= 4 is 17.2 Å². The van der Waals surface area contributed by atoms with E-state index in [1.54, 1.807) is 16.0 Å². The lowest BCUT2D eigenvalue weighted by Crippen LogP contribution is -2.32. The number of para-hydroxylation sites is 1. The van der Waals surface area contributed by atoms with E-state index in [9.17, 15) is 4.79 Å². The molecule has 0 radical (unpaired) electrons. The third-order valence-corrected chi connectivity index (χ3v) is 6.04. The molecule has 1 atom stereocenters. The van der Waals surface area contributed by atoms with E-state index < -0.39 is 6.04 Å². The van der Waals surface area contributed by atoms with Gasteiger partial charge in [-0.25, -0.2) is 9.67 Å². The molecule has 1 aliphatic carbocycles. The van der Waals surface area contributed by atoms with Crippen molar-refractivity contribution in [3.63, 3.8) is 0 Å². The lowest BCUT2D eigenvalue weighted by Gasteiger charge is -2.17. The summed E-state index contributed by atoms with van der Waals surface area (Å²) in [5, 5.41) is 13.6. The summed E-state index contributed by atoms with van der Waals surface area (Å²) >= 11 is 1.55. The van der Waals surface area contributed by atoms with Gasteiger partial charge >= 0.3 is 0 Å². The summed E-state index contributed by atoms with van der Waals surface area (Å²) in [7, 11) is 0. The van der Waals surface area contributed by atoms with Crippen molar-refractivity contribution in [3.05, 3.63) is 65.4 Å². The lowest BCUT2D eigenvalue weighted by molar-refractivity contribution is 0.0903. The summed E-state index contributed by atoms with van der Waals surface area (Å²) in [4.78, 5) is 23.1. The average molecular weight is 435 g/mol. The second-order valence-electron chi connectivity index (χ2n) is 7.94. The van der Waals surface area contributed by atoms with Gasteiger partial charge in [-0.2, -0.15) is 4.98 Å². The van der Waals surface area contributed by atoms with Gasteiger partial charge in [-0.15, -0.1) is 16.4 Å². The highest BCUT2D eigenvalue weighted by Gasteiger charge is 2.32. The molecule has 4 aromatic rings. The standard InChI is InChI=1S/C22H22N6O2S/c1-13(2)17(22-25-18(27-30-22)14-10-11-14)23-21(29)19-24-20(16-9-6-12-31-16)28(26-19)15-7-4-3-5-8-15/h3-9,12-14,17H,10-11H2,1-2H3,(H,23,29). The number of nitrogens with zero attached hydrogens (tertiary/aromatic N) is 5. The summed E-state index contributed by atoms with van der Waals surface area (Å²) in [6, 6.07) is 13.2. The fourth-order valence-corrected chi connectivity index (χ4v) is 4.02. The van der Waals surface area contributed by atoms with Crippen LogP contribution in [0.1, 0.15) is 61.0 Å². The van der Waals surface area contributed by atoms with Gasteiger partial charge in [-0.3, -0.25) is 4.79 Å². The molecule has 3 aromatic heterocycles. The lowest BCUT2D eigenvalue weighted by atomic mass is 10.0. The van der Waals surface area contributed by atoms with Gasteiger partial charge in [0.15, 0.2) is 11.6 Å². The molecule has 0 spiro atoms. The molecular formula is C22H22N6O2S. The topological polar surface area (TPSA) is 98.7 Å². The minimum absolute atomic E-state index is 0.0597. The van der Waals surface area contributed by atoms with E-state index in [1.165, 1.54) is 0 Å². The zero-order valence-corrected chi connectivity index (χ0v) is 18.0. The van der Waals surface area contributed by atoms with E-state index >= 15 is 0 Å². The Hall–Kier alpha value is -3.33. The third-order valence-electron chi connectivity index (χ3n) is 5.17. The summed E-state index contributed by atoms with van der Waals surface area (Å²) in [6.07, 6.45) is 2.17. The van der Waals surface area contributed by atoms with E-state index in [-0.39, 0.29) is 17.6 Å². The maximum Gasteiger partial charge on any atom is 0.291 e. The first-order valence-corrected chi connectivity index (χ1v) is 11.2. The highest BCUT2D eigenvalue weighted by molar-refractivity contribution is 7.13. The molecule has 1 N–H and O–H groups in total. The van der Waals surface area contributed by atoms with Crippen LogP contribution in [-0.4, -0.2) is 30.8 Å². The Labute approximate surface area is 183 Å². The predicted octanol–water partition coefficient (Wildman–Crippen LogP) is 4.38. The molecule has 158 valence electrons. The number of hydrogen-bond acceptors (Lipinski definition) is 7. The SMILES string of the molecule is CC(C)C(NC(=O)c1nc(-c2cccs2)n(-c2ccccc2)n1)c1nc(C2CC2)no1. The molecule has 1 unspecified atom stereocenters. The number of nitrogens with one attached hydrogen (secondary N) is 1. The van der Waals surface area contributed by atoms with E-state index in [1.807, 2.05) is 61.7 Å². The van der Waals surface area contributed by atoms with E-state index in [0.717, 1.165) is 29.2 Å². The first kappa shape index (κ1) is 19.6. The van der Waals surface area contributed by atoms with Crippen LogP contribution in [0.15, 0.2) is 52.4 Å². The Kier molecular flexibility index (Phi) is 5.11. The largest absolute Gasteiger partial charge is 0.337 e. The molecule has 0 saturated heterocycles. The second-order valence-corrected chi connectivity index (χ2v) is 8.89. The number of hydrogen-bond donors (Lipinski definition) is 1. The normalized spacial score (nSPS) is 14.7. The first-order valence-electron chi connectivity index (χ1n) is 10.3. The van der Waals surface area contributed by atoms with Gasteiger partial charge in [0.25, 0.3) is 5.91 Å². The molecule has 1 amide bonds. The quantitative estimate of drug-likeness (QED) is 0.463. The Morgan fingerprint density at radius 3 is 2.65 bits per heavy atom. The highest BCUT2D eigenvalue weighted by atomic mass is 32.1. The van der Waals surface area contributed by atoms with Gasteiger partial charge in [-0.1, -0.05) is 43.3 Å². The number of rotatable bonds is 7. The van der Waals surface area contributed by atoms with Crippen molar-refractivity contribution in [1.29, 1.82) is 0 Å². The molecule has 1 fully saturated rings. The fraction of sp³-hybridized carbons (Fsp3) is 0.318. The average Bonchev–Trinajstić information content (AvgIpc) is 3.18. The van der Waals surface area contributed by atoms with Gasteiger partial charge < -0.3 is 9.84 Å². The predicted molar refractivity (Wildman–Crippen MR) is 116 cm³/mol. The van der Waals surface area contributed by atoms with Gasteiger partial charge in [-0.05, 0) is 42.3 Å². The van der Waals surface area contributed by atoms with Gasteiger partial charge in [0.05, 0.1) is 10.6 Å². The van der Waals surface area contributed by atoms with Crippen molar-refractivity contribution in [2.45, 2.75) is 38.6 Å². The highest BCUT2D eigenvalue weighted by Crippen LogP contribution is 2.38. The van der Waals surface area contributed by atoms with Gasteiger partial charge in [0.2, 0.25) is 11.7 Å². The molecule has 1 aliphatic rings. The summed E-state index contributed by atoms with van der Waals surface area (Å²) in [6.45, 7) is 4.00. The van der Waals surface area contributed by atoms with Crippen molar-refractivity contribution in [2.75, 3.05) is 0 Å². The Morgan fingerprint density at radius 2 is 1.97 bits per heavy atom. The number of carbonyl (C=O) groups excluding carboxylic acids is 1. The van der Waals surface area contributed by atoms with Crippen LogP contribution >= 0.6 is 11.3 Å². The van der Waals surface area contributed by atoms with Crippen LogP contribution < -0.4 is 5.32 Å². The molecular weight excluding hydrogens is 412 g/mol. The van der Waals surface area contributed by atoms with Crippen molar-refractivity contribution in [3.8, 4) is 16.4 Å². The molecule has 9 heteroatoms. The number of benzene rings is 1. The minimum Gasteiger partial charge on any atom is -0.337 e. The maximum absolute atomic E-state index is 13.1. The molecule has 1 aromatic carbocycles. The Balaban J connectivity index is 1.45. The van der Waals surface area contributed by atoms with E-state index in [4.69, 9.17) is 4.52 Å². The smallest absolute Gasteiger partial charge is 0.291 e. The zero-order valence-electron chi connectivity index (χ0n) is 17.2. The van der Waals surface area contributed by atoms with Crippen LogP contribution in [-0.2, 0) is 0 Å². The number of thiophene rings is 1. The third kappa shape index (κ3) is 4.00. The van der Waals surface area contributed by atoms with Crippen LogP contribution in [0.25, 0.3) is 16.4 Å². The fourth-order valence-electron chi connectivity index (χ4n) is 3.32. The Morgan fingerprint density at radius 1 is 1.16 bits per heavy atom. The van der Waals surface area contributed by atoms with Crippen molar-refractivity contribution in [2.24, 2.45) is 5.92 Å². The monoisotopic (exact) mass is 434 g/mol. The van der Waals surface area contributed by atoms with Crippen LogP contribution in [0, 0.1) is 5.92 Å². The summed E-state index contributed by atoms with van der Waals surface area (Å²) < 4.78 is 7.16. The van der Waals surface area contributed by atoms with E-state index in [2.05, 4.69) is 25.5 Å². The molecule has 31 heavy (non-hydrogen) atoms. The summed E-state index contributed by atoms with van der Waals surface area (Å²) in [5.74, 6) is 1.94. The zero-order chi connectivity index (χ0) is 21.4. The first-order chi connectivity index (χ1) is 15.1. The van der Waals surface area contributed by atoms with Crippen LogP contribution in [0.3, 0.4) is 0 Å². The second kappa shape index (κ2) is 8.07. The van der Waals surface area contributed by atoms with Gasteiger partial charge in [0.1, 0.15) is 6.04 Å². The number of amides is 1. The van der Waals surface area contributed by atoms with Crippen molar-refractivity contribution < 1.29 is 9.32 Å². The van der Waals surface area contributed by atoms with Crippen LogP contribution in [0.2, 0.25) is 0 Å². The number of carbonyl (C=O) groups is 1. The maximum atomic E-state index is 13.1. The molecule has 3 heterocycles. The summed E-state index contributed by atoms with van der Waals surface area (Å²) in [5.41, 5.74) is 0.837. The minimum atomic E-state index is -0.415. The van der Waals surface area contributed by atoms with Crippen molar-refractivity contribution in [1.82, 2.24) is 30.2 Å². The molecule has 5 rings (SSSR count). The molecule has 0 aliphatic heterocycles. The Bertz CT molecular complexity index is 1180.